The zero-order chi connectivity index (χ0) is 13.3. The normalized spacial score (nSPS) is 19.9. The van der Waals surface area contributed by atoms with E-state index in [-0.39, 0.29) is 12.2 Å². The van der Waals surface area contributed by atoms with Gasteiger partial charge in [-0.25, -0.2) is 0 Å². The Morgan fingerprint density at radius 3 is 2.89 bits per heavy atom. The maximum absolute atomic E-state index is 12.1. The molecular formula is C11H13N3O4. The van der Waals surface area contributed by atoms with E-state index in [2.05, 4.69) is 10.5 Å². The van der Waals surface area contributed by atoms with Crippen LogP contribution in [0.4, 0.5) is 0 Å². The second kappa shape index (κ2) is 4.59. The highest BCUT2D eigenvalue weighted by Gasteiger charge is 2.36. The van der Waals surface area contributed by atoms with Gasteiger partial charge < -0.3 is 9.42 Å². The molecule has 2 rings (SSSR count). The molecule has 2 heterocycles. The van der Waals surface area contributed by atoms with Crippen molar-refractivity contribution in [2.75, 3.05) is 6.54 Å². The molecule has 96 valence electrons. The molecular weight excluding hydrogens is 238 g/mol. The van der Waals surface area contributed by atoms with Crippen LogP contribution in [-0.4, -0.2) is 40.4 Å². The smallest absolute Gasteiger partial charge is 0.277 e. The van der Waals surface area contributed by atoms with Crippen molar-refractivity contribution in [3.05, 3.63) is 17.5 Å². The van der Waals surface area contributed by atoms with Crippen LogP contribution in [0.25, 0.3) is 0 Å². The van der Waals surface area contributed by atoms with Crippen LogP contribution in [0.1, 0.15) is 29.6 Å². The molecule has 1 saturated heterocycles. The van der Waals surface area contributed by atoms with Crippen molar-refractivity contribution in [2.24, 2.45) is 0 Å². The number of hydrogen-bond donors (Lipinski definition) is 1. The lowest BCUT2D eigenvalue weighted by atomic mass is 10.1. The van der Waals surface area contributed by atoms with E-state index in [9.17, 15) is 14.4 Å². The topological polar surface area (TPSA) is 92.5 Å². The van der Waals surface area contributed by atoms with Crippen LogP contribution in [0.15, 0.2) is 10.6 Å². The third-order valence-corrected chi connectivity index (χ3v) is 2.75. The van der Waals surface area contributed by atoms with Gasteiger partial charge in [0.1, 0.15) is 18.3 Å². The van der Waals surface area contributed by atoms with Crippen molar-refractivity contribution in [1.82, 2.24) is 15.4 Å². The van der Waals surface area contributed by atoms with E-state index in [4.69, 9.17) is 4.52 Å². The third-order valence-electron chi connectivity index (χ3n) is 2.75. The van der Waals surface area contributed by atoms with E-state index in [1.807, 2.05) is 0 Å². The summed E-state index contributed by atoms with van der Waals surface area (Å²) in [7, 11) is 0. The van der Waals surface area contributed by atoms with Gasteiger partial charge in [-0.2, -0.15) is 0 Å². The maximum Gasteiger partial charge on any atom is 0.277 e. The molecule has 7 heteroatoms. The Bertz CT molecular complexity index is 508. The predicted molar refractivity (Wildman–Crippen MR) is 59.5 cm³/mol. The maximum atomic E-state index is 12.1. The number of hydrogen-bond acceptors (Lipinski definition) is 5. The van der Waals surface area contributed by atoms with Gasteiger partial charge in [0, 0.05) is 6.07 Å². The van der Waals surface area contributed by atoms with Crippen molar-refractivity contribution in [2.45, 2.75) is 26.3 Å². The lowest BCUT2D eigenvalue weighted by molar-refractivity contribution is -0.138. The summed E-state index contributed by atoms with van der Waals surface area (Å²) in [5.74, 6) is -0.915. The zero-order valence-electron chi connectivity index (χ0n) is 10.1. The fraction of sp³-hybridized carbons (Fsp3) is 0.455. The number of carbonyl (C=O) groups excluding carboxylic acids is 3. The number of amides is 3. The summed E-state index contributed by atoms with van der Waals surface area (Å²) in [5.41, 5.74) is 0.105. The molecule has 0 aromatic carbocycles. The van der Waals surface area contributed by atoms with Gasteiger partial charge in [-0.05, 0) is 13.3 Å². The Morgan fingerprint density at radius 1 is 1.61 bits per heavy atom. The largest absolute Gasteiger partial charge is 0.361 e. The van der Waals surface area contributed by atoms with Crippen LogP contribution >= 0.6 is 0 Å². The van der Waals surface area contributed by atoms with Crippen molar-refractivity contribution < 1.29 is 18.9 Å². The van der Waals surface area contributed by atoms with Gasteiger partial charge in [0.2, 0.25) is 11.8 Å². The van der Waals surface area contributed by atoms with Gasteiger partial charge in [-0.3, -0.25) is 19.7 Å². The quantitative estimate of drug-likeness (QED) is 0.738. The van der Waals surface area contributed by atoms with Gasteiger partial charge in [-0.15, -0.1) is 0 Å². The molecule has 1 fully saturated rings. The van der Waals surface area contributed by atoms with E-state index < -0.39 is 23.8 Å². The van der Waals surface area contributed by atoms with Crippen molar-refractivity contribution in [1.29, 1.82) is 0 Å². The zero-order valence-corrected chi connectivity index (χ0v) is 10.1. The monoisotopic (exact) mass is 251 g/mol. The van der Waals surface area contributed by atoms with Crippen LogP contribution < -0.4 is 5.32 Å². The molecule has 1 aromatic rings. The Kier molecular flexibility index (Phi) is 3.14. The van der Waals surface area contributed by atoms with Gasteiger partial charge >= 0.3 is 0 Å². The Morgan fingerprint density at radius 2 is 2.33 bits per heavy atom. The van der Waals surface area contributed by atoms with E-state index in [1.54, 1.807) is 13.8 Å². The lowest BCUT2D eigenvalue weighted by Gasteiger charge is -2.32. The fourth-order valence-corrected chi connectivity index (χ4v) is 1.90. The summed E-state index contributed by atoms with van der Waals surface area (Å²) in [6.07, 6.45) is 0.432. The number of rotatable bonds is 2. The van der Waals surface area contributed by atoms with E-state index in [1.165, 1.54) is 11.0 Å². The number of nitrogens with zero attached hydrogens (tertiary/aromatic N) is 2. The minimum Gasteiger partial charge on any atom is -0.361 e. The second-order valence-corrected chi connectivity index (χ2v) is 4.09. The molecule has 18 heavy (non-hydrogen) atoms. The summed E-state index contributed by atoms with van der Waals surface area (Å²) in [5, 5.41) is 5.81. The van der Waals surface area contributed by atoms with Crippen LogP contribution in [0.5, 0.6) is 0 Å². The highest BCUT2D eigenvalue weighted by Crippen LogP contribution is 2.14. The van der Waals surface area contributed by atoms with Gasteiger partial charge in [0.05, 0.1) is 0 Å². The SMILES string of the molecule is CCC1C(=O)NC(=O)CN1C(=O)c1cc(C)on1. The van der Waals surface area contributed by atoms with Crippen molar-refractivity contribution in [3.8, 4) is 0 Å². The number of nitrogens with one attached hydrogen (secondary N) is 1. The minimum absolute atomic E-state index is 0.105. The van der Waals surface area contributed by atoms with Crippen molar-refractivity contribution >= 4 is 17.7 Å². The van der Waals surface area contributed by atoms with Gasteiger partial charge in [0.15, 0.2) is 5.69 Å². The summed E-state index contributed by atoms with van der Waals surface area (Å²) in [6, 6.07) is 0.832. The molecule has 0 aliphatic carbocycles. The van der Waals surface area contributed by atoms with E-state index >= 15 is 0 Å². The first-order valence-corrected chi connectivity index (χ1v) is 5.61. The first-order valence-electron chi connectivity index (χ1n) is 5.61. The molecule has 1 aromatic heterocycles. The molecule has 0 radical (unpaired) electrons. The average molecular weight is 251 g/mol. The minimum atomic E-state index is -0.646. The van der Waals surface area contributed by atoms with Gasteiger partial charge in [0.25, 0.3) is 5.91 Å². The molecule has 1 N–H and O–H groups in total. The Labute approximate surface area is 103 Å². The summed E-state index contributed by atoms with van der Waals surface area (Å²) < 4.78 is 4.82. The molecule has 0 saturated carbocycles. The summed E-state index contributed by atoms with van der Waals surface area (Å²) in [6.45, 7) is 3.29. The standard InChI is InChI=1S/C11H13N3O4/c1-3-8-10(16)12-9(15)5-14(8)11(17)7-4-6(2)18-13-7/h4,8H,3,5H2,1-2H3,(H,12,15,16). The number of carbonyl (C=O) groups is 3. The van der Waals surface area contributed by atoms with Crippen LogP contribution in [0.2, 0.25) is 0 Å². The summed E-state index contributed by atoms with van der Waals surface area (Å²) >= 11 is 0. The Balaban J connectivity index is 2.26. The van der Waals surface area contributed by atoms with E-state index in [0.717, 1.165) is 0 Å². The van der Waals surface area contributed by atoms with Crippen LogP contribution in [0.3, 0.4) is 0 Å². The molecule has 1 unspecified atom stereocenters. The lowest BCUT2D eigenvalue weighted by Crippen LogP contribution is -2.59. The molecule has 3 amide bonds. The first kappa shape index (κ1) is 12.3. The van der Waals surface area contributed by atoms with E-state index in [0.29, 0.717) is 12.2 Å². The third kappa shape index (κ3) is 2.11. The van der Waals surface area contributed by atoms with Crippen LogP contribution in [0, 0.1) is 6.92 Å². The fourth-order valence-electron chi connectivity index (χ4n) is 1.90. The number of piperazine rings is 1. The van der Waals surface area contributed by atoms with Crippen molar-refractivity contribution in [3.63, 3.8) is 0 Å². The number of aryl methyl sites for hydroxylation is 1. The summed E-state index contributed by atoms with van der Waals surface area (Å²) in [4.78, 5) is 36.3. The van der Waals surface area contributed by atoms with Crippen LogP contribution in [-0.2, 0) is 9.59 Å². The Hall–Kier alpha value is -2.18. The first-order chi connectivity index (χ1) is 8.52. The molecule has 0 bridgehead atoms. The molecule has 1 aliphatic heterocycles. The van der Waals surface area contributed by atoms with Gasteiger partial charge in [-0.1, -0.05) is 12.1 Å². The molecule has 1 aliphatic rings. The second-order valence-electron chi connectivity index (χ2n) is 4.09. The highest BCUT2D eigenvalue weighted by molar-refractivity contribution is 6.06. The molecule has 7 nitrogen and oxygen atoms in total. The molecule has 1 atom stereocenters. The predicted octanol–water partition coefficient (Wildman–Crippen LogP) is -0.140. The number of imide groups is 1. The molecule has 0 spiro atoms. The highest BCUT2D eigenvalue weighted by atomic mass is 16.5. The average Bonchev–Trinajstić information content (AvgIpc) is 2.74. The number of aromatic nitrogens is 1.